The van der Waals surface area contributed by atoms with E-state index in [1.807, 2.05) is 61.5 Å². The normalized spacial score (nSPS) is 12.7. The monoisotopic (exact) mass is 437 g/mol. The fraction of sp³-hybridized carbons (Fsp3) is 0.292. The molecule has 1 aromatic heterocycles. The number of carbonyl (C=O) groups excluding carboxylic acids is 2. The van der Waals surface area contributed by atoms with Crippen molar-refractivity contribution >= 4 is 28.9 Å². The Morgan fingerprint density at radius 2 is 1.72 bits per heavy atom. The van der Waals surface area contributed by atoms with Crippen LogP contribution in [-0.2, 0) is 27.4 Å². The number of benzene rings is 2. The van der Waals surface area contributed by atoms with Crippen LogP contribution >= 0.6 is 0 Å². The Morgan fingerprint density at radius 3 is 2.44 bits per heavy atom. The number of aromatic nitrogens is 1. The summed E-state index contributed by atoms with van der Waals surface area (Å²) in [4.78, 5) is 39.9. The molecule has 0 aliphatic rings. The average Bonchev–Trinajstić information content (AvgIpc) is 3.20. The van der Waals surface area contributed by atoms with Gasteiger partial charge in [-0.05, 0) is 23.6 Å². The van der Waals surface area contributed by atoms with E-state index < -0.39 is 30.1 Å². The molecule has 0 aliphatic carbocycles. The molecule has 8 heteroatoms. The molecule has 1 heterocycles. The first kappa shape index (κ1) is 22.9. The first-order chi connectivity index (χ1) is 15.5. The number of para-hydroxylation sites is 1. The second-order valence-electron chi connectivity index (χ2n) is 7.51. The Morgan fingerprint density at radius 1 is 1.00 bits per heavy atom. The SMILES string of the molecule is CCC[C@@H](NC(=O)OCc1ccccc1)C(=O)N[C@H](Cc1c[nH]c2ccccc12)C(=O)O. The molecule has 3 rings (SSSR count). The summed E-state index contributed by atoms with van der Waals surface area (Å²) in [6, 6.07) is 14.7. The maximum Gasteiger partial charge on any atom is 0.408 e. The van der Waals surface area contributed by atoms with Gasteiger partial charge in [-0.1, -0.05) is 61.9 Å². The van der Waals surface area contributed by atoms with Crippen LogP contribution in [0.4, 0.5) is 4.79 Å². The summed E-state index contributed by atoms with van der Waals surface area (Å²) in [7, 11) is 0. The molecule has 0 aliphatic heterocycles. The van der Waals surface area contributed by atoms with Gasteiger partial charge in [0.1, 0.15) is 18.7 Å². The van der Waals surface area contributed by atoms with Crippen LogP contribution in [0.3, 0.4) is 0 Å². The molecule has 168 valence electrons. The lowest BCUT2D eigenvalue weighted by molar-refractivity contribution is -0.142. The Hall–Kier alpha value is -3.81. The summed E-state index contributed by atoms with van der Waals surface area (Å²) < 4.78 is 5.19. The molecule has 3 aromatic rings. The first-order valence-corrected chi connectivity index (χ1v) is 10.5. The van der Waals surface area contributed by atoms with E-state index in [4.69, 9.17) is 4.74 Å². The van der Waals surface area contributed by atoms with Crippen molar-refractivity contribution in [3.05, 3.63) is 71.9 Å². The molecule has 0 unspecified atom stereocenters. The van der Waals surface area contributed by atoms with Crippen LogP contribution in [0, 0.1) is 0 Å². The number of carboxylic acid groups (broad SMARTS) is 1. The first-order valence-electron chi connectivity index (χ1n) is 10.5. The lowest BCUT2D eigenvalue weighted by atomic mass is 10.0. The number of rotatable bonds is 10. The Balaban J connectivity index is 1.62. The zero-order valence-corrected chi connectivity index (χ0v) is 17.8. The van der Waals surface area contributed by atoms with Crippen LogP contribution in [0.1, 0.15) is 30.9 Å². The lowest BCUT2D eigenvalue weighted by Crippen LogP contribution is -2.52. The van der Waals surface area contributed by atoms with Crippen LogP contribution < -0.4 is 10.6 Å². The third-order valence-corrected chi connectivity index (χ3v) is 5.11. The molecule has 0 bridgehead atoms. The topological polar surface area (TPSA) is 121 Å². The zero-order chi connectivity index (χ0) is 22.9. The van der Waals surface area contributed by atoms with E-state index in [0.29, 0.717) is 12.8 Å². The predicted octanol–water partition coefficient (Wildman–Crippen LogP) is 3.37. The average molecular weight is 437 g/mol. The molecule has 0 fully saturated rings. The number of nitrogens with one attached hydrogen (secondary N) is 3. The second kappa shape index (κ2) is 11.0. The number of amides is 2. The van der Waals surface area contributed by atoms with E-state index in [9.17, 15) is 19.5 Å². The fourth-order valence-corrected chi connectivity index (χ4v) is 3.46. The van der Waals surface area contributed by atoms with Gasteiger partial charge in [-0.25, -0.2) is 9.59 Å². The van der Waals surface area contributed by atoms with Gasteiger partial charge in [0.2, 0.25) is 5.91 Å². The van der Waals surface area contributed by atoms with E-state index in [0.717, 1.165) is 22.0 Å². The number of alkyl carbamates (subject to hydrolysis) is 1. The van der Waals surface area contributed by atoms with Gasteiger partial charge in [-0.2, -0.15) is 0 Å². The Bertz CT molecular complexity index is 1060. The van der Waals surface area contributed by atoms with Crippen LogP contribution in [0.5, 0.6) is 0 Å². The molecule has 2 aromatic carbocycles. The van der Waals surface area contributed by atoms with Crippen molar-refractivity contribution in [3.63, 3.8) is 0 Å². The largest absolute Gasteiger partial charge is 0.480 e. The Labute approximate surface area is 186 Å². The number of hydrogen-bond donors (Lipinski definition) is 4. The molecule has 2 amide bonds. The standard InChI is InChI=1S/C24H27N3O5/c1-2-8-20(27-24(31)32-15-16-9-4-3-5-10-16)22(28)26-21(23(29)30)13-17-14-25-19-12-7-6-11-18(17)19/h3-7,9-12,14,20-21,25H,2,8,13,15H2,1H3,(H,26,28)(H,27,31)(H,29,30)/t20-,21-/m1/s1. The van der Waals surface area contributed by atoms with Crippen LogP contribution in [0.25, 0.3) is 10.9 Å². The van der Waals surface area contributed by atoms with Crippen molar-refractivity contribution in [2.45, 2.75) is 44.9 Å². The van der Waals surface area contributed by atoms with Crippen LogP contribution in [0.15, 0.2) is 60.8 Å². The number of H-pyrrole nitrogens is 1. The number of fused-ring (bicyclic) bond motifs is 1. The van der Waals surface area contributed by atoms with Crippen molar-refractivity contribution < 1.29 is 24.2 Å². The summed E-state index contributed by atoms with van der Waals surface area (Å²) in [6.07, 6.45) is 2.10. The van der Waals surface area contributed by atoms with E-state index in [1.165, 1.54) is 0 Å². The molecule has 2 atom stereocenters. The molecular formula is C24H27N3O5. The van der Waals surface area contributed by atoms with Gasteiger partial charge in [0.25, 0.3) is 0 Å². The van der Waals surface area contributed by atoms with Crippen LogP contribution in [0.2, 0.25) is 0 Å². The van der Waals surface area contributed by atoms with E-state index in [-0.39, 0.29) is 13.0 Å². The number of ether oxygens (including phenoxy) is 1. The second-order valence-corrected chi connectivity index (χ2v) is 7.51. The molecule has 0 spiro atoms. The van der Waals surface area contributed by atoms with E-state index in [2.05, 4.69) is 15.6 Å². The van der Waals surface area contributed by atoms with Gasteiger partial charge in [-0.3, -0.25) is 4.79 Å². The summed E-state index contributed by atoms with van der Waals surface area (Å²) in [5, 5.41) is 15.7. The summed E-state index contributed by atoms with van der Waals surface area (Å²) in [5.74, 6) is -1.71. The van der Waals surface area contributed by atoms with Crippen molar-refractivity contribution in [1.29, 1.82) is 0 Å². The predicted molar refractivity (Wildman–Crippen MR) is 120 cm³/mol. The van der Waals surface area contributed by atoms with Gasteiger partial charge in [0.15, 0.2) is 0 Å². The molecule has 0 saturated heterocycles. The number of carboxylic acids is 1. The van der Waals surface area contributed by atoms with Gasteiger partial charge < -0.3 is 25.5 Å². The Kier molecular flexibility index (Phi) is 7.85. The van der Waals surface area contributed by atoms with Gasteiger partial charge in [0.05, 0.1) is 0 Å². The van der Waals surface area contributed by atoms with Crippen molar-refractivity contribution in [1.82, 2.24) is 15.6 Å². The molecule has 0 radical (unpaired) electrons. The van der Waals surface area contributed by atoms with E-state index >= 15 is 0 Å². The molecule has 0 saturated carbocycles. The number of carbonyl (C=O) groups is 3. The highest BCUT2D eigenvalue weighted by molar-refractivity contribution is 5.90. The van der Waals surface area contributed by atoms with Crippen LogP contribution in [-0.4, -0.2) is 40.1 Å². The van der Waals surface area contributed by atoms with Crippen molar-refractivity contribution in [2.75, 3.05) is 0 Å². The van der Waals surface area contributed by atoms with Gasteiger partial charge >= 0.3 is 12.1 Å². The zero-order valence-electron chi connectivity index (χ0n) is 17.8. The maximum absolute atomic E-state index is 12.8. The van der Waals surface area contributed by atoms with Gasteiger partial charge in [0, 0.05) is 23.5 Å². The third-order valence-electron chi connectivity index (χ3n) is 5.11. The number of aromatic amines is 1. The maximum atomic E-state index is 12.8. The minimum absolute atomic E-state index is 0.0749. The highest BCUT2D eigenvalue weighted by Gasteiger charge is 2.27. The van der Waals surface area contributed by atoms with E-state index in [1.54, 1.807) is 6.20 Å². The van der Waals surface area contributed by atoms with Gasteiger partial charge in [-0.15, -0.1) is 0 Å². The molecule has 32 heavy (non-hydrogen) atoms. The van der Waals surface area contributed by atoms with Crippen molar-refractivity contribution in [3.8, 4) is 0 Å². The fourth-order valence-electron chi connectivity index (χ4n) is 3.46. The number of aliphatic carboxylic acids is 1. The highest BCUT2D eigenvalue weighted by Crippen LogP contribution is 2.19. The smallest absolute Gasteiger partial charge is 0.408 e. The molecule has 4 N–H and O–H groups in total. The lowest BCUT2D eigenvalue weighted by Gasteiger charge is -2.21. The minimum atomic E-state index is -1.15. The third kappa shape index (κ3) is 6.10. The summed E-state index contributed by atoms with van der Waals surface area (Å²) >= 11 is 0. The molecule has 8 nitrogen and oxygen atoms in total. The summed E-state index contributed by atoms with van der Waals surface area (Å²) in [5.41, 5.74) is 2.50. The number of hydrogen-bond acceptors (Lipinski definition) is 4. The summed E-state index contributed by atoms with van der Waals surface area (Å²) in [6.45, 7) is 1.95. The highest BCUT2D eigenvalue weighted by atomic mass is 16.5. The quantitative estimate of drug-likeness (QED) is 0.388. The molecular weight excluding hydrogens is 410 g/mol. The minimum Gasteiger partial charge on any atom is -0.480 e. The van der Waals surface area contributed by atoms with Crippen molar-refractivity contribution in [2.24, 2.45) is 0 Å².